The summed E-state index contributed by atoms with van der Waals surface area (Å²) in [5.41, 5.74) is 3.36. The van der Waals surface area contributed by atoms with Crippen LogP contribution in [0.15, 0.2) is 53.8 Å². The molecule has 17 heavy (non-hydrogen) atoms. The number of aldehydes is 1. The van der Waals surface area contributed by atoms with Gasteiger partial charge in [0.1, 0.15) is 25.1 Å². The summed E-state index contributed by atoms with van der Waals surface area (Å²) in [7, 11) is 2.21. The van der Waals surface area contributed by atoms with E-state index in [1.807, 2.05) is 18.2 Å². The predicted octanol–water partition coefficient (Wildman–Crippen LogP) is 2.68. The summed E-state index contributed by atoms with van der Waals surface area (Å²) in [6.45, 7) is 3.94. The zero-order valence-electron chi connectivity index (χ0n) is 10.4. The molecule has 0 bridgehead atoms. The molecule has 1 heterocycles. The molecule has 0 saturated carbocycles. The second kappa shape index (κ2) is 4.68. The number of allylic oxidation sites excluding steroid dienone is 3. The lowest BCUT2D eigenvalue weighted by atomic mass is 10.1. The van der Waals surface area contributed by atoms with E-state index in [2.05, 4.69) is 38.2 Å². The quantitative estimate of drug-likeness (QED) is 0.574. The van der Waals surface area contributed by atoms with Gasteiger partial charge in [0, 0.05) is 24.1 Å². The summed E-state index contributed by atoms with van der Waals surface area (Å²) in [5.74, 6) is 0. The smallest absolute Gasteiger partial charge is 0.150 e. The van der Waals surface area contributed by atoms with E-state index >= 15 is 0 Å². The summed E-state index contributed by atoms with van der Waals surface area (Å²) in [6, 6.07) is 10.5. The highest BCUT2D eigenvalue weighted by Gasteiger charge is 2.26. The Labute approximate surface area is 102 Å². The molecule has 1 unspecified atom stereocenters. The Morgan fingerprint density at radius 1 is 1.29 bits per heavy atom. The molecule has 2 nitrogen and oxygen atoms in total. The van der Waals surface area contributed by atoms with Crippen LogP contribution in [0.3, 0.4) is 0 Å². The molecule has 0 fully saturated rings. The van der Waals surface area contributed by atoms with Crippen LogP contribution in [0.1, 0.15) is 12.5 Å². The van der Waals surface area contributed by atoms with Crippen LogP contribution in [0.25, 0.3) is 0 Å². The lowest BCUT2D eigenvalue weighted by molar-refractivity contribution is -0.881. The van der Waals surface area contributed by atoms with Gasteiger partial charge in [-0.1, -0.05) is 30.3 Å². The zero-order valence-corrected chi connectivity index (χ0v) is 10.4. The number of carbonyl (C=O) groups is 1. The highest BCUT2D eigenvalue weighted by Crippen LogP contribution is 2.24. The third-order valence-corrected chi connectivity index (χ3v) is 3.47. The number of rotatable bonds is 3. The number of nitrogens with zero attached hydrogens (tertiary/aromatic N) is 1. The Kier molecular flexibility index (Phi) is 3.25. The zero-order chi connectivity index (χ0) is 12.3. The molecule has 1 aliphatic heterocycles. The van der Waals surface area contributed by atoms with Crippen LogP contribution in [-0.2, 0) is 11.3 Å². The Morgan fingerprint density at radius 2 is 2.00 bits per heavy atom. The summed E-state index contributed by atoms with van der Waals surface area (Å²) in [6.07, 6.45) is 4.93. The lowest BCUT2D eigenvalue weighted by Gasteiger charge is -2.36. The van der Waals surface area contributed by atoms with Crippen LogP contribution in [0.4, 0.5) is 0 Å². The van der Waals surface area contributed by atoms with E-state index in [-0.39, 0.29) is 0 Å². The number of likely N-dealkylation sites (N-methyl/N-ethyl adjacent to an activating group) is 1. The van der Waals surface area contributed by atoms with Gasteiger partial charge in [0.2, 0.25) is 0 Å². The number of hydrogen-bond acceptors (Lipinski definition) is 1. The number of hydrogen-bond donors (Lipinski definition) is 0. The normalized spacial score (nSPS) is 23.9. The monoisotopic (exact) mass is 228 g/mol. The van der Waals surface area contributed by atoms with E-state index in [4.69, 9.17) is 0 Å². The van der Waals surface area contributed by atoms with E-state index in [0.29, 0.717) is 0 Å². The van der Waals surface area contributed by atoms with Crippen molar-refractivity contribution in [3.8, 4) is 0 Å². The van der Waals surface area contributed by atoms with Crippen LogP contribution in [-0.4, -0.2) is 24.4 Å². The maximum atomic E-state index is 10.8. The minimum Gasteiger partial charge on any atom is -0.298 e. The molecule has 0 amide bonds. The molecule has 0 radical (unpaired) electrons. The van der Waals surface area contributed by atoms with Crippen molar-refractivity contribution in [1.82, 2.24) is 0 Å². The first kappa shape index (κ1) is 11.8. The van der Waals surface area contributed by atoms with E-state index in [1.54, 1.807) is 0 Å². The van der Waals surface area contributed by atoms with Crippen LogP contribution in [0.2, 0.25) is 0 Å². The van der Waals surface area contributed by atoms with Crippen molar-refractivity contribution in [1.29, 1.82) is 0 Å². The first-order valence-electron chi connectivity index (χ1n) is 5.87. The standard InChI is InChI=1S/C15H18NO/c1-13-10-15(12-17)8-9-16(13,2)11-14-6-4-3-5-7-14/h3-8,10,12H,9,11H2,1-2H3/q+1. The van der Waals surface area contributed by atoms with E-state index in [0.717, 1.165) is 29.4 Å². The molecule has 88 valence electrons. The molecule has 1 aliphatic rings. The van der Waals surface area contributed by atoms with Crippen molar-refractivity contribution in [3.05, 3.63) is 59.3 Å². The maximum absolute atomic E-state index is 10.8. The molecule has 0 aromatic heterocycles. The van der Waals surface area contributed by atoms with Crippen molar-refractivity contribution < 1.29 is 9.28 Å². The first-order chi connectivity index (χ1) is 8.14. The second-order valence-electron chi connectivity index (χ2n) is 4.83. The van der Waals surface area contributed by atoms with Gasteiger partial charge >= 0.3 is 0 Å². The average molecular weight is 228 g/mol. The largest absolute Gasteiger partial charge is 0.298 e. The highest BCUT2D eigenvalue weighted by atomic mass is 16.1. The predicted molar refractivity (Wildman–Crippen MR) is 69.1 cm³/mol. The van der Waals surface area contributed by atoms with Gasteiger partial charge in [-0.05, 0) is 6.08 Å². The number of carbonyl (C=O) groups excluding carboxylic acids is 1. The van der Waals surface area contributed by atoms with Crippen molar-refractivity contribution in [2.24, 2.45) is 0 Å². The lowest BCUT2D eigenvalue weighted by Crippen LogP contribution is -2.43. The van der Waals surface area contributed by atoms with Crippen molar-refractivity contribution in [3.63, 3.8) is 0 Å². The Hall–Kier alpha value is -1.67. The minimum atomic E-state index is 0.797. The molecule has 2 heteroatoms. The van der Waals surface area contributed by atoms with Crippen molar-refractivity contribution >= 4 is 6.29 Å². The van der Waals surface area contributed by atoms with Gasteiger partial charge in [0.05, 0.1) is 7.05 Å². The number of quaternary nitrogens is 1. The van der Waals surface area contributed by atoms with Gasteiger partial charge in [-0.15, -0.1) is 0 Å². The fourth-order valence-electron chi connectivity index (χ4n) is 2.16. The molecule has 0 aliphatic carbocycles. The van der Waals surface area contributed by atoms with E-state index < -0.39 is 0 Å². The fraction of sp³-hybridized carbons (Fsp3) is 0.267. The molecule has 0 saturated heterocycles. The Bertz CT molecular complexity index is 473. The minimum absolute atomic E-state index is 0.797. The molecule has 1 aromatic rings. The molecular weight excluding hydrogens is 210 g/mol. The van der Waals surface area contributed by atoms with Crippen molar-refractivity contribution in [2.45, 2.75) is 13.5 Å². The molecule has 1 atom stereocenters. The third-order valence-electron chi connectivity index (χ3n) is 3.47. The molecule has 2 rings (SSSR count). The van der Waals surface area contributed by atoms with Gasteiger partial charge in [0.25, 0.3) is 0 Å². The van der Waals surface area contributed by atoms with Crippen LogP contribution >= 0.6 is 0 Å². The van der Waals surface area contributed by atoms with Gasteiger partial charge in [-0.3, -0.25) is 9.28 Å². The maximum Gasteiger partial charge on any atom is 0.150 e. The Morgan fingerprint density at radius 3 is 2.59 bits per heavy atom. The summed E-state index contributed by atoms with van der Waals surface area (Å²) in [4.78, 5) is 10.8. The average Bonchev–Trinajstić information content (AvgIpc) is 2.34. The fourth-order valence-corrected chi connectivity index (χ4v) is 2.16. The van der Waals surface area contributed by atoms with Crippen molar-refractivity contribution in [2.75, 3.05) is 13.6 Å². The summed E-state index contributed by atoms with van der Waals surface area (Å²) >= 11 is 0. The topological polar surface area (TPSA) is 17.1 Å². The van der Waals surface area contributed by atoms with Crippen LogP contribution < -0.4 is 0 Å². The van der Waals surface area contributed by atoms with Gasteiger partial charge in [-0.25, -0.2) is 0 Å². The number of benzene rings is 1. The van der Waals surface area contributed by atoms with E-state index in [1.165, 1.54) is 11.3 Å². The first-order valence-corrected chi connectivity index (χ1v) is 5.87. The van der Waals surface area contributed by atoms with Gasteiger partial charge in [0.15, 0.2) is 0 Å². The molecule has 0 spiro atoms. The van der Waals surface area contributed by atoms with Crippen LogP contribution in [0, 0.1) is 0 Å². The second-order valence-corrected chi connectivity index (χ2v) is 4.83. The summed E-state index contributed by atoms with van der Waals surface area (Å²) < 4.78 is 0.849. The molecular formula is C15H18NO+. The third kappa shape index (κ3) is 2.53. The summed E-state index contributed by atoms with van der Waals surface area (Å²) in [5, 5.41) is 0. The van der Waals surface area contributed by atoms with Gasteiger partial charge in [-0.2, -0.15) is 0 Å². The Balaban J connectivity index is 2.20. The highest BCUT2D eigenvalue weighted by molar-refractivity contribution is 5.77. The SMILES string of the molecule is CC1=CC(C=O)=CC[N+]1(C)Cc1ccccc1. The molecule has 0 N–H and O–H groups in total. The molecule has 1 aromatic carbocycles. The van der Waals surface area contributed by atoms with Gasteiger partial charge < -0.3 is 0 Å². The van der Waals surface area contributed by atoms with E-state index in [9.17, 15) is 4.79 Å². The van der Waals surface area contributed by atoms with Crippen LogP contribution in [0.5, 0.6) is 0 Å².